The van der Waals surface area contributed by atoms with Crippen LogP contribution in [0, 0.1) is 13.8 Å². The Morgan fingerprint density at radius 1 is 0.694 bits per heavy atom. The zero-order valence-corrected chi connectivity index (χ0v) is 46.1. The van der Waals surface area contributed by atoms with Gasteiger partial charge in [0.15, 0.2) is 8.32 Å². The number of hydrogen-bond donors (Lipinski definition) is 3. The van der Waals surface area contributed by atoms with Crippen LogP contribution in [0.2, 0.25) is 23.2 Å². The quantitative estimate of drug-likeness (QED) is 0.0559. The molecule has 0 amide bonds. The van der Waals surface area contributed by atoms with E-state index in [4.69, 9.17) is 31.9 Å². The summed E-state index contributed by atoms with van der Waals surface area (Å²) in [6, 6.07) is 30.8. The van der Waals surface area contributed by atoms with Crippen molar-refractivity contribution < 1.29 is 31.9 Å². The van der Waals surface area contributed by atoms with Gasteiger partial charge >= 0.3 is 20.0 Å². The first kappa shape index (κ1) is 53.4. The average Bonchev–Trinajstić information content (AvgIpc) is 4.05. The molecule has 2 aliphatic heterocycles. The highest BCUT2D eigenvalue weighted by atomic mass is 31.2. The minimum absolute atomic E-state index is 0.0675. The third-order valence-electron chi connectivity index (χ3n) is 14.4. The lowest BCUT2D eigenvalue weighted by molar-refractivity contribution is -0.0534. The van der Waals surface area contributed by atoms with Gasteiger partial charge in [-0.3, -0.25) is 28.7 Å². The second-order valence-electron chi connectivity index (χ2n) is 21.7. The van der Waals surface area contributed by atoms with Crippen LogP contribution in [-0.2, 0) is 38.3 Å². The number of aromatic amines is 3. The molecule has 2 aliphatic rings. The van der Waals surface area contributed by atoms with Crippen molar-refractivity contribution in [2.24, 2.45) is 0 Å². The van der Waals surface area contributed by atoms with Gasteiger partial charge in [-0.1, -0.05) is 120 Å². The van der Waals surface area contributed by atoms with Crippen molar-refractivity contribution in [1.82, 2.24) is 24.1 Å². The number of nitrogens with zero attached hydrogens (tertiary/aromatic N) is 2. The second kappa shape index (κ2) is 21.5. The molecule has 3 aromatic heterocycles. The molecular weight excluding hydrogens is 970 g/mol. The summed E-state index contributed by atoms with van der Waals surface area (Å²) in [5.74, 6) is 0. The summed E-state index contributed by atoms with van der Waals surface area (Å²) in [7, 11) is -7.73. The predicted octanol–water partition coefficient (Wildman–Crippen LogP) is 8.00. The van der Waals surface area contributed by atoms with Crippen molar-refractivity contribution >= 4 is 46.5 Å². The van der Waals surface area contributed by atoms with Crippen LogP contribution in [0.5, 0.6) is 0 Å². The first-order chi connectivity index (χ1) is 34.0. The number of H-pyrrole nitrogens is 3. The van der Waals surface area contributed by atoms with Gasteiger partial charge in [-0.05, 0) is 71.8 Å². The number of rotatable bonds is 18. The van der Waals surface area contributed by atoms with E-state index in [2.05, 4.69) is 106 Å². The van der Waals surface area contributed by atoms with Crippen molar-refractivity contribution in [2.45, 2.75) is 148 Å². The number of ether oxygens (including phenoxy) is 2. The van der Waals surface area contributed by atoms with Crippen molar-refractivity contribution in [3.63, 3.8) is 0 Å². The Hall–Kier alpha value is -4.86. The number of fused-ring (bicyclic) bond motifs is 1. The lowest BCUT2D eigenvalue weighted by atomic mass is 10.2. The molecule has 2 fully saturated rings. The minimum Gasteiger partial charge on any atom is -0.414 e. The first-order valence-corrected chi connectivity index (χ1v) is 30.7. The van der Waals surface area contributed by atoms with Gasteiger partial charge in [0.05, 0.1) is 31.5 Å². The zero-order chi connectivity index (χ0) is 51.8. The molecule has 3 N–H and O–H groups in total. The summed E-state index contributed by atoms with van der Waals surface area (Å²) in [4.78, 5) is 60.3. The molecule has 0 bridgehead atoms. The molecule has 6 aromatic rings. The molecule has 0 aliphatic carbocycles. The normalized spacial score (nSPS) is 21.9. The highest BCUT2D eigenvalue weighted by Gasteiger charge is 2.54. The van der Waals surface area contributed by atoms with Crippen LogP contribution < -0.4 is 32.9 Å². The molecule has 72 heavy (non-hydrogen) atoms. The summed E-state index contributed by atoms with van der Waals surface area (Å²) >= 11 is 0. The number of para-hydroxylation sites is 1. The third kappa shape index (κ3) is 11.6. The maximum Gasteiger partial charge on any atom is 0.333 e. The molecule has 8 atom stereocenters. The lowest BCUT2D eigenvalue weighted by Gasteiger charge is -2.45. The molecule has 2 saturated heterocycles. The Kier molecular flexibility index (Phi) is 16.0. The van der Waals surface area contributed by atoms with E-state index in [0.717, 1.165) is 27.0 Å². The fourth-order valence-electron chi connectivity index (χ4n) is 9.37. The van der Waals surface area contributed by atoms with Gasteiger partial charge in [0.25, 0.3) is 19.4 Å². The van der Waals surface area contributed by atoms with Crippen molar-refractivity contribution in [1.29, 1.82) is 0 Å². The maximum atomic E-state index is 13.5. The van der Waals surface area contributed by atoms with Crippen LogP contribution in [0.15, 0.2) is 123 Å². The Labute approximate surface area is 423 Å². The summed E-state index contributed by atoms with van der Waals surface area (Å²) in [6.07, 6.45) is -0.744. The van der Waals surface area contributed by atoms with Gasteiger partial charge in [-0.25, -0.2) is 9.59 Å². The van der Waals surface area contributed by atoms with Gasteiger partial charge in [-0.15, -0.1) is 0 Å². The van der Waals surface area contributed by atoms with E-state index in [0.29, 0.717) is 17.5 Å². The largest absolute Gasteiger partial charge is 0.414 e. The van der Waals surface area contributed by atoms with E-state index in [1.807, 2.05) is 61.5 Å². The molecule has 19 heteroatoms. The van der Waals surface area contributed by atoms with E-state index in [1.54, 1.807) is 13.8 Å². The molecule has 1 unspecified atom stereocenters. The molecule has 8 rings (SSSR count). The molecule has 386 valence electrons. The Bertz CT molecular complexity index is 2980. The molecule has 0 radical (unpaired) electrons. The molecule has 0 spiro atoms. The van der Waals surface area contributed by atoms with E-state index >= 15 is 0 Å². The fraction of sp³-hybridized carbons (Fsp3) is 0.472. The second-order valence-corrected chi connectivity index (χ2v) is 31.9. The Balaban J connectivity index is 1.15. The summed E-state index contributed by atoms with van der Waals surface area (Å²) in [5, 5.41) is 2.73. The average molecular weight is 1040 g/mol. The van der Waals surface area contributed by atoms with Crippen LogP contribution in [0.4, 0.5) is 0 Å². The number of aryl methyl sites for hydroxylation is 2. The number of nitrogens with one attached hydrogen (secondary N) is 3. The number of benzene rings is 3. The van der Waals surface area contributed by atoms with Crippen molar-refractivity contribution in [2.75, 3.05) is 13.2 Å². The van der Waals surface area contributed by atoms with Gasteiger partial charge in [0.2, 0.25) is 0 Å². The van der Waals surface area contributed by atoms with Crippen LogP contribution in [-0.4, -0.2) is 84.5 Å². The summed E-state index contributed by atoms with van der Waals surface area (Å²) in [5.41, 5.74) is 0.570. The third-order valence-corrected chi connectivity index (χ3v) is 25.3. The van der Waals surface area contributed by atoms with Crippen molar-refractivity contribution in [3.05, 3.63) is 162 Å². The zero-order valence-electron chi connectivity index (χ0n) is 43.2. The molecule has 5 heterocycles. The van der Waals surface area contributed by atoms with Gasteiger partial charge in [0.1, 0.15) is 24.7 Å². The topological polar surface area (TPSA) is 190 Å². The number of aromatic nitrogens is 5. The molecule has 0 saturated carbocycles. The van der Waals surface area contributed by atoms with Crippen LogP contribution in [0.1, 0.15) is 90.6 Å². The fourth-order valence-corrected chi connectivity index (χ4v) is 16.4. The van der Waals surface area contributed by atoms with Crippen molar-refractivity contribution in [3.8, 4) is 0 Å². The van der Waals surface area contributed by atoms with Gasteiger partial charge < -0.3 is 36.9 Å². The first-order valence-electron chi connectivity index (χ1n) is 24.7. The molecule has 16 nitrogen and oxygen atoms in total. The number of hydrogen-bond acceptors (Lipinski definition) is 11. The SMILES string of the molecule is Cc1cn([C@H]2C[C@H](OP(OC[C@H]3O[C@@H](n4cc(C)c(=O)[nH]c4=O)C[C@@H]3O[Si](c3ccccc3)(c3ccccc3)C(C)(C)C)O[C@H](C)Cc3cc4ccccc4[nH]3)[C@@H](CO[Si](C)(C)C(C)(C)C)O2)c(=O)[nH]c1=O. The van der Waals surface area contributed by atoms with Gasteiger partial charge in [-0.2, -0.15) is 0 Å². The Morgan fingerprint density at radius 2 is 1.21 bits per heavy atom. The van der Waals surface area contributed by atoms with Gasteiger partial charge in [0, 0.05) is 54.0 Å². The van der Waals surface area contributed by atoms with E-state index in [1.165, 1.54) is 21.5 Å². The monoisotopic (exact) mass is 1040 g/mol. The molecular formula is C53H70N5O11PSi2. The Morgan fingerprint density at radius 3 is 1.74 bits per heavy atom. The van der Waals surface area contributed by atoms with E-state index < -0.39 is 95.7 Å². The van der Waals surface area contributed by atoms with Crippen LogP contribution in [0.3, 0.4) is 0 Å². The smallest absolute Gasteiger partial charge is 0.333 e. The lowest BCUT2D eigenvalue weighted by Crippen LogP contribution is -2.68. The van der Waals surface area contributed by atoms with E-state index in [9.17, 15) is 19.2 Å². The maximum absolute atomic E-state index is 13.5. The predicted molar refractivity (Wildman–Crippen MR) is 285 cm³/mol. The van der Waals surface area contributed by atoms with Crippen LogP contribution >= 0.6 is 8.60 Å². The van der Waals surface area contributed by atoms with Crippen LogP contribution in [0.25, 0.3) is 10.9 Å². The summed E-state index contributed by atoms with van der Waals surface area (Å²) < 4.78 is 51.5. The highest BCUT2D eigenvalue weighted by Crippen LogP contribution is 2.49. The van der Waals surface area contributed by atoms with E-state index in [-0.39, 0.29) is 31.1 Å². The highest BCUT2D eigenvalue weighted by molar-refractivity contribution is 7.41. The standard InChI is InChI=1S/C53H70N5O11PSi2/c1-34-30-57(50(61)55-48(34)59)46-28-42(45(66-46)33-64-71(10,11)52(4,5)6)68-70(67-36(3)26-38-27-37-20-18-19-25-41(37)54-38)63-32-44-43(29-47(65-44)58-31-35(2)49(60)56-51(58)62)69-72(53(7,8)9,39-21-14-12-15-22-39)40-23-16-13-17-24-40/h12-25,27,30-31,36,42-47,54H,26,28-29,32-33H2,1-11H3,(H,55,59,61)(H,56,60,62)/t36-,42+,43+,44-,45-,46-,47-,70?/m1/s1. The minimum atomic E-state index is -3.21. The molecule has 3 aromatic carbocycles. The summed E-state index contributed by atoms with van der Waals surface area (Å²) in [6.45, 7) is 22.8.